The van der Waals surface area contributed by atoms with Crippen LogP contribution in [0.4, 0.5) is 5.69 Å². The molecule has 5 rings (SSSR count). The zero-order valence-corrected chi connectivity index (χ0v) is 26.1. The molecule has 0 aromatic heterocycles. The number of nitrogens with one attached hydrogen (secondary N) is 2. The molecule has 2 heterocycles. The lowest BCUT2D eigenvalue weighted by atomic mass is 9.80. The van der Waals surface area contributed by atoms with Crippen molar-refractivity contribution in [2.45, 2.75) is 25.8 Å². The van der Waals surface area contributed by atoms with E-state index in [1.807, 2.05) is 36.4 Å². The van der Waals surface area contributed by atoms with Gasteiger partial charge in [0.25, 0.3) is 5.69 Å². The van der Waals surface area contributed by atoms with Gasteiger partial charge in [-0.2, -0.15) is 0 Å². The number of hydrogen-bond acceptors (Lipinski definition) is 8. The maximum Gasteiger partial charge on any atom is 0.336 e. The highest BCUT2D eigenvalue weighted by Crippen LogP contribution is 2.39. The molecule has 0 saturated carbocycles. The third-order valence-corrected chi connectivity index (χ3v) is 8.49. The van der Waals surface area contributed by atoms with E-state index in [-0.39, 0.29) is 35.3 Å². The van der Waals surface area contributed by atoms with E-state index >= 15 is 0 Å². The molecule has 1 atom stereocenters. The van der Waals surface area contributed by atoms with Crippen molar-refractivity contribution in [2.24, 2.45) is 0 Å². The predicted molar refractivity (Wildman–Crippen MR) is 172 cm³/mol. The van der Waals surface area contributed by atoms with Gasteiger partial charge in [0.1, 0.15) is 0 Å². The number of non-ortho nitro benzene ring substituents is 1. The minimum absolute atomic E-state index is 0.0549. The van der Waals surface area contributed by atoms with Crippen LogP contribution < -0.4 is 10.6 Å². The van der Waals surface area contributed by atoms with Gasteiger partial charge in [-0.15, -0.1) is 0 Å². The largest absolute Gasteiger partial charge is 0.466 e. The standard InChI is InChI=1S/C35H37N5O6/c1-23-30(32(31(24(2)37-23)35(43)46-3)27-15-10-16-28(21-27)40(44)45)34(42)36-22-29(41)38-17-19-39(20-18-38)33(25-11-6-4-7-12-25)26-13-8-5-9-14-26/h4-16,21,32-33,37H,17-20,22H2,1-3H3,(H,36,42). The number of carbonyl (C=O) groups is 3. The van der Waals surface area contributed by atoms with Crippen LogP contribution in [0.25, 0.3) is 0 Å². The van der Waals surface area contributed by atoms with E-state index in [0.29, 0.717) is 43.1 Å². The number of rotatable bonds is 9. The second-order valence-corrected chi connectivity index (χ2v) is 11.3. The second-order valence-electron chi connectivity index (χ2n) is 11.3. The summed E-state index contributed by atoms with van der Waals surface area (Å²) in [6.45, 7) is 5.44. The van der Waals surface area contributed by atoms with Gasteiger partial charge in [0, 0.05) is 55.3 Å². The van der Waals surface area contributed by atoms with E-state index < -0.39 is 22.7 Å². The zero-order valence-electron chi connectivity index (χ0n) is 26.1. The highest BCUT2D eigenvalue weighted by molar-refractivity contribution is 6.03. The van der Waals surface area contributed by atoms with Gasteiger partial charge in [-0.25, -0.2) is 4.79 Å². The number of nitro benzene ring substituents is 1. The normalized spacial score (nSPS) is 17.0. The van der Waals surface area contributed by atoms with Crippen LogP contribution in [0.5, 0.6) is 0 Å². The fraction of sp³-hybridized carbons (Fsp3) is 0.286. The van der Waals surface area contributed by atoms with E-state index in [4.69, 9.17) is 4.74 Å². The van der Waals surface area contributed by atoms with Gasteiger partial charge in [0.05, 0.1) is 36.1 Å². The van der Waals surface area contributed by atoms with E-state index in [1.165, 1.54) is 36.4 Å². The number of ether oxygens (including phenoxy) is 1. The van der Waals surface area contributed by atoms with Crippen molar-refractivity contribution >= 4 is 23.5 Å². The molecule has 0 spiro atoms. The van der Waals surface area contributed by atoms with E-state index in [9.17, 15) is 24.5 Å². The van der Waals surface area contributed by atoms with E-state index in [0.717, 1.165) is 0 Å². The summed E-state index contributed by atoms with van der Waals surface area (Å²) in [6.07, 6.45) is 0. The molecule has 1 saturated heterocycles. The van der Waals surface area contributed by atoms with Crippen molar-refractivity contribution < 1.29 is 24.0 Å². The molecular weight excluding hydrogens is 586 g/mol. The minimum Gasteiger partial charge on any atom is -0.466 e. The second kappa shape index (κ2) is 14.2. The molecule has 2 N–H and O–H groups in total. The van der Waals surface area contributed by atoms with Crippen molar-refractivity contribution in [3.8, 4) is 0 Å². The molecular formula is C35H37N5O6. The molecule has 0 bridgehead atoms. The maximum atomic E-state index is 13.7. The Morgan fingerprint density at radius 3 is 2.04 bits per heavy atom. The third kappa shape index (κ3) is 6.84. The number of benzene rings is 3. The Kier molecular flexibility index (Phi) is 9.92. The molecule has 0 radical (unpaired) electrons. The SMILES string of the molecule is COC(=O)C1=C(C)NC(C)=C(C(=O)NCC(=O)N2CCN(C(c3ccccc3)c3ccccc3)CC2)C1c1cccc([N+](=O)[O-])c1. The Bertz CT molecular complexity index is 1640. The Morgan fingerprint density at radius 1 is 0.891 bits per heavy atom. The third-order valence-electron chi connectivity index (χ3n) is 8.49. The number of methoxy groups -OCH3 is 1. The molecule has 2 amide bonds. The number of carbonyl (C=O) groups excluding carboxylic acids is 3. The number of allylic oxidation sites excluding steroid dienone is 2. The smallest absolute Gasteiger partial charge is 0.336 e. The fourth-order valence-corrected chi connectivity index (χ4v) is 6.30. The zero-order chi connectivity index (χ0) is 32.8. The molecule has 11 nitrogen and oxygen atoms in total. The van der Waals surface area contributed by atoms with E-state index in [1.54, 1.807) is 24.8 Å². The molecule has 2 aliphatic rings. The average molecular weight is 624 g/mol. The average Bonchev–Trinajstić information content (AvgIpc) is 3.08. The van der Waals surface area contributed by atoms with Crippen molar-refractivity contribution in [3.63, 3.8) is 0 Å². The summed E-state index contributed by atoms with van der Waals surface area (Å²) in [4.78, 5) is 55.1. The van der Waals surface area contributed by atoms with Crippen LogP contribution in [-0.2, 0) is 19.1 Å². The lowest BCUT2D eigenvalue weighted by molar-refractivity contribution is -0.384. The van der Waals surface area contributed by atoms with Gasteiger partial charge in [-0.05, 0) is 30.5 Å². The molecule has 238 valence electrons. The van der Waals surface area contributed by atoms with Crippen LogP contribution in [0.15, 0.2) is 107 Å². The number of hydrogen-bond donors (Lipinski definition) is 2. The summed E-state index contributed by atoms with van der Waals surface area (Å²) < 4.78 is 5.02. The number of amides is 2. The summed E-state index contributed by atoms with van der Waals surface area (Å²) in [7, 11) is 1.23. The quantitative estimate of drug-likeness (QED) is 0.207. The molecule has 11 heteroatoms. The Hall–Kier alpha value is -5.29. The Labute approximate surface area is 267 Å². The number of nitro groups is 1. The molecule has 46 heavy (non-hydrogen) atoms. The van der Waals surface area contributed by atoms with Crippen LogP contribution in [0, 0.1) is 10.1 Å². The Morgan fingerprint density at radius 2 is 1.48 bits per heavy atom. The minimum atomic E-state index is -0.944. The summed E-state index contributed by atoms with van der Waals surface area (Å²) in [5.74, 6) is -2.40. The molecule has 3 aromatic carbocycles. The topological polar surface area (TPSA) is 134 Å². The van der Waals surface area contributed by atoms with Gasteiger partial charge in [-0.1, -0.05) is 72.8 Å². The number of esters is 1. The van der Waals surface area contributed by atoms with Crippen molar-refractivity contribution in [1.29, 1.82) is 0 Å². The van der Waals surface area contributed by atoms with Gasteiger partial charge in [-0.3, -0.25) is 24.6 Å². The molecule has 3 aromatic rings. The van der Waals surface area contributed by atoms with Crippen LogP contribution in [0.1, 0.15) is 42.5 Å². The molecule has 1 unspecified atom stereocenters. The monoisotopic (exact) mass is 623 g/mol. The van der Waals surface area contributed by atoms with Crippen molar-refractivity contribution in [2.75, 3.05) is 39.8 Å². The van der Waals surface area contributed by atoms with E-state index in [2.05, 4.69) is 39.8 Å². The Balaban J connectivity index is 1.29. The maximum absolute atomic E-state index is 13.7. The van der Waals surface area contributed by atoms with Crippen LogP contribution >= 0.6 is 0 Å². The highest BCUT2D eigenvalue weighted by Gasteiger charge is 2.38. The fourth-order valence-electron chi connectivity index (χ4n) is 6.30. The van der Waals surface area contributed by atoms with Crippen LogP contribution in [0.2, 0.25) is 0 Å². The predicted octanol–water partition coefficient (Wildman–Crippen LogP) is 4.05. The molecule has 0 aliphatic carbocycles. The van der Waals surface area contributed by atoms with Gasteiger partial charge < -0.3 is 20.3 Å². The highest BCUT2D eigenvalue weighted by atomic mass is 16.6. The van der Waals surface area contributed by atoms with Gasteiger partial charge in [0.2, 0.25) is 11.8 Å². The summed E-state index contributed by atoms with van der Waals surface area (Å²) in [5, 5.41) is 17.3. The first kappa shape index (κ1) is 32.1. The van der Waals surface area contributed by atoms with Crippen LogP contribution in [0.3, 0.4) is 0 Å². The van der Waals surface area contributed by atoms with Crippen LogP contribution in [-0.4, -0.2) is 72.3 Å². The lowest BCUT2D eigenvalue weighted by Gasteiger charge is -2.40. The van der Waals surface area contributed by atoms with Crippen molar-refractivity contribution in [3.05, 3.63) is 134 Å². The molecule has 1 fully saturated rings. The number of dihydropyridines is 1. The summed E-state index contributed by atoms with van der Waals surface area (Å²) in [5.41, 5.74) is 3.84. The summed E-state index contributed by atoms with van der Waals surface area (Å²) >= 11 is 0. The lowest BCUT2D eigenvalue weighted by Crippen LogP contribution is -2.52. The first-order valence-electron chi connectivity index (χ1n) is 15.1. The molecule has 2 aliphatic heterocycles. The van der Waals surface area contributed by atoms with Gasteiger partial charge >= 0.3 is 5.97 Å². The van der Waals surface area contributed by atoms with Crippen molar-refractivity contribution in [1.82, 2.24) is 20.4 Å². The number of piperazine rings is 1. The summed E-state index contributed by atoms with van der Waals surface area (Å²) in [6, 6.07) is 26.5. The first-order chi connectivity index (χ1) is 22.2. The number of nitrogens with zero attached hydrogens (tertiary/aromatic N) is 3. The van der Waals surface area contributed by atoms with Gasteiger partial charge in [0.15, 0.2) is 0 Å². The first-order valence-corrected chi connectivity index (χ1v) is 15.1.